The maximum absolute atomic E-state index is 11.8. The molecule has 0 saturated heterocycles. The van der Waals surface area contributed by atoms with Crippen molar-refractivity contribution in [1.29, 1.82) is 0 Å². The molecule has 1 aromatic rings. The number of aliphatic hydroxyl groups excluding tert-OH is 2. The average Bonchev–Trinajstić information content (AvgIpc) is 2.77. The molecule has 1 heterocycles. The zero-order valence-corrected chi connectivity index (χ0v) is 19.0. The standard InChI is InChI=1S/C23H32O10/c1-15(24)29-12-10-19(26)21(32-16(2)25)22(31-14-17-7-5-4-6-8-17)23(28-3)33-18-9-11-30-20(27)13-18/h4-8,13,18-19,21-23,26-27H,9-12,14H2,1-3H3/t18-,19-,21?,22?,23+/m1/s1. The molecule has 5 atom stereocenters. The number of benzene rings is 1. The van der Waals surface area contributed by atoms with Crippen LogP contribution in [0.3, 0.4) is 0 Å². The van der Waals surface area contributed by atoms with Gasteiger partial charge in [0.15, 0.2) is 12.4 Å². The Balaban J connectivity index is 2.25. The number of carbonyl (C=O) groups is 2. The van der Waals surface area contributed by atoms with Crippen LogP contribution < -0.4 is 0 Å². The number of ether oxygens (including phenoxy) is 6. The molecule has 2 unspecified atom stereocenters. The highest BCUT2D eigenvalue weighted by molar-refractivity contribution is 5.66. The Morgan fingerprint density at radius 2 is 1.88 bits per heavy atom. The minimum absolute atomic E-state index is 0.00286. The second-order valence-corrected chi connectivity index (χ2v) is 7.45. The van der Waals surface area contributed by atoms with Crippen molar-refractivity contribution >= 4 is 11.9 Å². The van der Waals surface area contributed by atoms with Crippen LogP contribution >= 0.6 is 0 Å². The number of carbonyl (C=O) groups excluding carboxylic acids is 2. The molecule has 0 aliphatic carbocycles. The van der Waals surface area contributed by atoms with Crippen molar-refractivity contribution in [3.05, 3.63) is 47.9 Å². The van der Waals surface area contributed by atoms with Gasteiger partial charge in [-0.1, -0.05) is 30.3 Å². The smallest absolute Gasteiger partial charge is 0.303 e. The second-order valence-electron chi connectivity index (χ2n) is 7.45. The summed E-state index contributed by atoms with van der Waals surface area (Å²) in [5.74, 6) is -1.40. The maximum atomic E-state index is 11.8. The summed E-state index contributed by atoms with van der Waals surface area (Å²) < 4.78 is 32.8. The molecule has 1 aliphatic heterocycles. The minimum atomic E-state index is -1.24. The van der Waals surface area contributed by atoms with Crippen LogP contribution in [0.15, 0.2) is 42.4 Å². The van der Waals surface area contributed by atoms with Gasteiger partial charge in [-0.3, -0.25) is 9.59 Å². The number of hydrogen-bond acceptors (Lipinski definition) is 10. The lowest BCUT2D eigenvalue weighted by atomic mass is 10.0. The van der Waals surface area contributed by atoms with Crippen molar-refractivity contribution in [3.8, 4) is 0 Å². The number of aliphatic hydroxyl groups is 2. The molecule has 0 fully saturated rings. The highest BCUT2D eigenvalue weighted by Crippen LogP contribution is 2.23. The highest BCUT2D eigenvalue weighted by atomic mass is 16.7. The van der Waals surface area contributed by atoms with Gasteiger partial charge in [-0.15, -0.1) is 0 Å². The van der Waals surface area contributed by atoms with Gasteiger partial charge in [0.25, 0.3) is 5.95 Å². The first kappa shape index (κ1) is 26.6. The van der Waals surface area contributed by atoms with Gasteiger partial charge in [0.2, 0.25) is 0 Å². The number of hydrogen-bond donors (Lipinski definition) is 2. The van der Waals surface area contributed by atoms with E-state index in [0.717, 1.165) is 5.56 Å². The van der Waals surface area contributed by atoms with Crippen LogP contribution in [-0.2, 0) is 44.6 Å². The second kappa shape index (κ2) is 13.8. The predicted molar refractivity (Wildman–Crippen MR) is 115 cm³/mol. The third kappa shape index (κ3) is 9.39. The number of methoxy groups -OCH3 is 1. The van der Waals surface area contributed by atoms with Crippen molar-refractivity contribution in [3.63, 3.8) is 0 Å². The molecule has 10 nitrogen and oxygen atoms in total. The summed E-state index contributed by atoms with van der Waals surface area (Å²) in [6, 6.07) is 9.29. The first-order valence-electron chi connectivity index (χ1n) is 10.7. The topological polar surface area (TPSA) is 130 Å². The van der Waals surface area contributed by atoms with Crippen molar-refractivity contribution in [2.45, 2.75) is 64.0 Å². The van der Waals surface area contributed by atoms with Gasteiger partial charge in [0.1, 0.15) is 6.10 Å². The zero-order valence-electron chi connectivity index (χ0n) is 19.0. The summed E-state index contributed by atoms with van der Waals surface area (Å²) in [5, 5.41) is 20.4. The Morgan fingerprint density at radius 3 is 2.48 bits per heavy atom. The maximum Gasteiger partial charge on any atom is 0.303 e. The van der Waals surface area contributed by atoms with E-state index in [1.165, 1.54) is 27.0 Å². The van der Waals surface area contributed by atoms with Crippen LogP contribution in [0.5, 0.6) is 0 Å². The molecule has 33 heavy (non-hydrogen) atoms. The molecule has 0 saturated carbocycles. The predicted octanol–water partition coefficient (Wildman–Crippen LogP) is 2.00. The normalized spacial score (nSPS) is 19.4. The van der Waals surface area contributed by atoms with Crippen LogP contribution in [-0.4, -0.2) is 73.2 Å². The quantitative estimate of drug-likeness (QED) is 0.327. The molecule has 2 N–H and O–H groups in total. The Morgan fingerprint density at radius 1 is 1.15 bits per heavy atom. The SMILES string of the molecule is CO[C@@H](O[C@H]1C=C(O)OCC1)C(OCc1ccccc1)C(OC(C)=O)[C@H](O)CCOC(C)=O. The first-order valence-corrected chi connectivity index (χ1v) is 10.7. The van der Waals surface area contributed by atoms with E-state index < -0.39 is 42.6 Å². The molecule has 1 aliphatic rings. The lowest BCUT2D eigenvalue weighted by Gasteiger charge is -2.36. The van der Waals surface area contributed by atoms with E-state index in [0.29, 0.717) is 6.42 Å². The Kier molecular flexibility index (Phi) is 11.1. The molecule has 0 spiro atoms. The summed E-state index contributed by atoms with van der Waals surface area (Å²) in [6.45, 7) is 2.76. The molecular weight excluding hydrogens is 436 g/mol. The first-order chi connectivity index (χ1) is 15.8. The Labute approximate surface area is 193 Å². The van der Waals surface area contributed by atoms with Crippen molar-refractivity contribution < 1.29 is 48.2 Å². The zero-order chi connectivity index (χ0) is 24.2. The van der Waals surface area contributed by atoms with E-state index in [1.807, 2.05) is 30.3 Å². The molecule has 10 heteroatoms. The molecule has 0 aromatic heterocycles. The molecule has 0 bridgehead atoms. The Bertz CT molecular complexity index is 766. The molecular formula is C23H32O10. The van der Waals surface area contributed by atoms with Crippen LogP contribution in [0, 0.1) is 0 Å². The van der Waals surface area contributed by atoms with E-state index in [-0.39, 0.29) is 32.2 Å². The summed E-state index contributed by atoms with van der Waals surface area (Å²) in [4.78, 5) is 22.9. The lowest BCUT2D eigenvalue weighted by molar-refractivity contribution is -0.250. The van der Waals surface area contributed by atoms with Gasteiger partial charge in [-0.25, -0.2) is 0 Å². The van der Waals surface area contributed by atoms with Gasteiger partial charge < -0.3 is 38.6 Å². The van der Waals surface area contributed by atoms with Crippen molar-refractivity contribution in [2.75, 3.05) is 20.3 Å². The van der Waals surface area contributed by atoms with Gasteiger partial charge in [-0.2, -0.15) is 0 Å². The van der Waals surface area contributed by atoms with E-state index in [4.69, 9.17) is 28.4 Å². The van der Waals surface area contributed by atoms with Crippen LogP contribution in [0.1, 0.15) is 32.3 Å². The van der Waals surface area contributed by atoms with Crippen LogP contribution in [0.25, 0.3) is 0 Å². The summed E-state index contributed by atoms with van der Waals surface area (Å²) in [6.07, 6.45) is -3.28. The molecule has 0 radical (unpaired) electrons. The third-order valence-corrected chi connectivity index (χ3v) is 4.80. The monoisotopic (exact) mass is 468 g/mol. The lowest BCUT2D eigenvalue weighted by Crippen LogP contribution is -2.51. The fraction of sp³-hybridized carbons (Fsp3) is 0.565. The van der Waals surface area contributed by atoms with Crippen molar-refractivity contribution in [1.82, 2.24) is 0 Å². The van der Waals surface area contributed by atoms with Crippen molar-refractivity contribution in [2.24, 2.45) is 0 Å². The molecule has 184 valence electrons. The van der Waals surface area contributed by atoms with E-state index >= 15 is 0 Å². The fourth-order valence-corrected chi connectivity index (χ4v) is 3.26. The number of rotatable bonds is 13. The summed E-state index contributed by atoms with van der Waals surface area (Å²) >= 11 is 0. The summed E-state index contributed by atoms with van der Waals surface area (Å²) in [5.41, 5.74) is 0.844. The van der Waals surface area contributed by atoms with Crippen LogP contribution in [0.4, 0.5) is 0 Å². The van der Waals surface area contributed by atoms with Gasteiger partial charge in [-0.05, 0) is 5.56 Å². The van der Waals surface area contributed by atoms with Gasteiger partial charge in [0, 0.05) is 39.9 Å². The largest absolute Gasteiger partial charge is 0.481 e. The number of esters is 2. The molecule has 2 rings (SSSR count). The fourth-order valence-electron chi connectivity index (χ4n) is 3.26. The third-order valence-electron chi connectivity index (χ3n) is 4.80. The van der Waals surface area contributed by atoms with E-state index in [9.17, 15) is 19.8 Å². The Hall–Kier alpha value is -2.66. The average molecular weight is 468 g/mol. The molecule has 0 amide bonds. The highest BCUT2D eigenvalue weighted by Gasteiger charge is 2.40. The summed E-state index contributed by atoms with van der Waals surface area (Å²) in [7, 11) is 1.39. The van der Waals surface area contributed by atoms with Gasteiger partial charge in [0.05, 0.1) is 32.0 Å². The minimum Gasteiger partial charge on any atom is -0.481 e. The van der Waals surface area contributed by atoms with E-state index in [1.54, 1.807) is 0 Å². The van der Waals surface area contributed by atoms with E-state index in [2.05, 4.69) is 0 Å². The van der Waals surface area contributed by atoms with Gasteiger partial charge >= 0.3 is 11.9 Å². The van der Waals surface area contributed by atoms with Crippen LogP contribution in [0.2, 0.25) is 0 Å². The molecule has 1 aromatic carbocycles.